The number of β-amino-alcohol motifs (C(OH)–C–C–N with tert-alkyl or cyclic N) is 1. The zero-order chi connectivity index (χ0) is 10.3. The monoisotopic (exact) mass is 199 g/mol. The number of aliphatic hydroxyl groups is 1. The van der Waals surface area contributed by atoms with Crippen molar-refractivity contribution in [3.8, 4) is 0 Å². The molecule has 1 heterocycles. The summed E-state index contributed by atoms with van der Waals surface area (Å²) in [7, 11) is 0. The van der Waals surface area contributed by atoms with Gasteiger partial charge in [-0.2, -0.15) is 0 Å². The van der Waals surface area contributed by atoms with Crippen LogP contribution in [0.3, 0.4) is 0 Å². The number of likely N-dealkylation sites (tertiary alicyclic amines) is 1. The van der Waals surface area contributed by atoms with Gasteiger partial charge in [-0.25, -0.2) is 0 Å². The average Bonchev–Trinajstić information content (AvgIpc) is 2.82. The lowest BCUT2D eigenvalue weighted by atomic mass is 10.1. The molecule has 1 aliphatic heterocycles. The molecule has 2 fully saturated rings. The van der Waals surface area contributed by atoms with Gasteiger partial charge < -0.3 is 10.2 Å². The Labute approximate surface area is 83.5 Å². The van der Waals surface area contributed by atoms with E-state index >= 15 is 0 Å². The van der Waals surface area contributed by atoms with Crippen LogP contribution < -0.4 is 0 Å². The molecule has 3 unspecified atom stereocenters. The van der Waals surface area contributed by atoms with Crippen molar-refractivity contribution in [2.45, 2.75) is 31.9 Å². The number of carboxylic acid groups (broad SMARTS) is 1. The first-order chi connectivity index (χ1) is 6.59. The Morgan fingerprint density at radius 1 is 1.43 bits per heavy atom. The molecule has 0 bridgehead atoms. The molecule has 0 spiro atoms. The van der Waals surface area contributed by atoms with E-state index in [9.17, 15) is 9.90 Å². The molecular formula is C10H17NO3. The van der Waals surface area contributed by atoms with Crippen LogP contribution in [-0.2, 0) is 4.79 Å². The Morgan fingerprint density at radius 2 is 2.07 bits per heavy atom. The predicted octanol–water partition coefficient (Wildman–Crippen LogP) is 0.162. The lowest BCUT2D eigenvalue weighted by Gasteiger charge is -2.23. The van der Waals surface area contributed by atoms with Crippen LogP contribution in [0.25, 0.3) is 0 Å². The summed E-state index contributed by atoms with van der Waals surface area (Å²) in [4.78, 5) is 13.0. The van der Waals surface area contributed by atoms with Gasteiger partial charge in [-0.05, 0) is 24.7 Å². The van der Waals surface area contributed by atoms with Gasteiger partial charge >= 0.3 is 5.97 Å². The molecule has 3 atom stereocenters. The molecule has 1 aliphatic carbocycles. The van der Waals surface area contributed by atoms with Gasteiger partial charge in [0.25, 0.3) is 0 Å². The van der Waals surface area contributed by atoms with E-state index in [1.807, 2.05) is 11.8 Å². The highest BCUT2D eigenvalue weighted by atomic mass is 16.4. The first kappa shape index (κ1) is 9.93. The molecule has 2 aliphatic rings. The third-order valence-corrected chi connectivity index (χ3v) is 3.32. The Morgan fingerprint density at radius 3 is 2.43 bits per heavy atom. The summed E-state index contributed by atoms with van der Waals surface area (Å²) < 4.78 is 0. The zero-order valence-corrected chi connectivity index (χ0v) is 8.39. The molecule has 0 amide bonds. The number of nitrogens with zero attached hydrogens (tertiary/aromatic N) is 1. The molecule has 2 N–H and O–H groups in total. The number of aliphatic carboxylic acids is 1. The lowest BCUT2D eigenvalue weighted by Crippen LogP contribution is -2.41. The summed E-state index contributed by atoms with van der Waals surface area (Å²) in [5.74, 6) is -0.200. The minimum atomic E-state index is -0.728. The SMILES string of the molecule is CC1CN(C(C(=O)O)C2CC2)CC1O. The summed E-state index contributed by atoms with van der Waals surface area (Å²) >= 11 is 0. The standard InChI is InChI=1S/C10H17NO3/c1-6-4-11(5-8(6)12)9(10(13)14)7-2-3-7/h6-9,12H,2-5H2,1H3,(H,13,14). The predicted molar refractivity (Wildman–Crippen MR) is 50.9 cm³/mol. The van der Waals surface area contributed by atoms with Gasteiger partial charge in [0.05, 0.1) is 6.10 Å². The van der Waals surface area contributed by atoms with E-state index in [0.717, 1.165) is 12.8 Å². The van der Waals surface area contributed by atoms with Crippen molar-refractivity contribution in [3.63, 3.8) is 0 Å². The van der Waals surface area contributed by atoms with Gasteiger partial charge in [0.15, 0.2) is 0 Å². The molecule has 0 aromatic rings. The van der Waals surface area contributed by atoms with Gasteiger partial charge in [0.2, 0.25) is 0 Å². The number of hydrogen-bond donors (Lipinski definition) is 2. The summed E-state index contributed by atoms with van der Waals surface area (Å²) in [6, 6.07) is -0.352. The second kappa shape index (κ2) is 3.51. The molecule has 0 aromatic carbocycles. The quantitative estimate of drug-likeness (QED) is 0.680. The fraction of sp³-hybridized carbons (Fsp3) is 0.900. The van der Waals surface area contributed by atoms with Gasteiger partial charge in [-0.15, -0.1) is 0 Å². The molecule has 1 saturated carbocycles. The summed E-state index contributed by atoms with van der Waals surface area (Å²) in [5, 5.41) is 18.7. The van der Waals surface area contributed by atoms with E-state index in [1.54, 1.807) is 0 Å². The van der Waals surface area contributed by atoms with Crippen molar-refractivity contribution in [1.82, 2.24) is 4.90 Å². The molecule has 0 radical (unpaired) electrons. The molecule has 80 valence electrons. The van der Waals surface area contributed by atoms with E-state index in [4.69, 9.17) is 5.11 Å². The Bertz CT molecular complexity index is 230. The molecular weight excluding hydrogens is 182 g/mol. The number of carbonyl (C=O) groups is 1. The first-order valence-electron chi connectivity index (χ1n) is 5.24. The van der Waals surface area contributed by atoms with E-state index in [-0.39, 0.29) is 18.1 Å². The third-order valence-electron chi connectivity index (χ3n) is 3.32. The van der Waals surface area contributed by atoms with Crippen molar-refractivity contribution in [2.24, 2.45) is 11.8 Å². The fourth-order valence-electron chi connectivity index (χ4n) is 2.28. The molecule has 4 heteroatoms. The lowest BCUT2D eigenvalue weighted by molar-refractivity contribution is -0.143. The van der Waals surface area contributed by atoms with Crippen molar-refractivity contribution in [1.29, 1.82) is 0 Å². The summed E-state index contributed by atoms with van der Waals surface area (Å²) in [6.07, 6.45) is 1.70. The van der Waals surface area contributed by atoms with Gasteiger partial charge in [0, 0.05) is 13.1 Å². The summed E-state index contributed by atoms with van der Waals surface area (Å²) in [5.41, 5.74) is 0. The smallest absolute Gasteiger partial charge is 0.321 e. The number of aliphatic hydroxyl groups excluding tert-OH is 1. The van der Waals surface area contributed by atoms with Gasteiger partial charge in [-0.3, -0.25) is 9.69 Å². The van der Waals surface area contributed by atoms with Crippen molar-refractivity contribution >= 4 is 5.97 Å². The van der Waals surface area contributed by atoms with E-state index in [1.165, 1.54) is 0 Å². The van der Waals surface area contributed by atoms with Crippen molar-refractivity contribution in [2.75, 3.05) is 13.1 Å². The minimum absolute atomic E-state index is 0.204. The Kier molecular flexibility index (Phi) is 2.49. The fourth-order valence-corrected chi connectivity index (χ4v) is 2.28. The second-order valence-corrected chi connectivity index (χ2v) is 4.62. The first-order valence-corrected chi connectivity index (χ1v) is 5.24. The van der Waals surface area contributed by atoms with E-state index < -0.39 is 5.97 Å². The Hall–Kier alpha value is -0.610. The number of hydrogen-bond acceptors (Lipinski definition) is 3. The zero-order valence-electron chi connectivity index (χ0n) is 8.39. The van der Waals surface area contributed by atoms with Crippen molar-refractivity contribution in [3.05, 3.63) is 0 Å². The van der Waals surface area contributed by atoms with Crippen LogP contribution in [0.5, 0.6) is 0 Å². The number of rotatable bonds is 3. The molecule has 14 heavy (non-hydrogen) atoms. The van der Waals surface area contributed by atoms with E-state index in [2.05, 4.69) is 0 Å². The van der Waals surface area contributed by atoms with E-state index in [0.29, 0.717) is 19.0 Å². The largest absolute Gasteiger partial charge is 0.480 e. The van der Waals surface area contributed by atoms with Crippen LogP contribution in [0, 0.1) is 11.8 Å². The topological polar surface area (TPSA) is 60.8 Å². The average molecular weight is 199 g/mol. The molecule has 0 aromatic heterocycles. The molecule has 1 saturated heterocycles. The maximum atomic E-state index is 11.1. The third kappa shape index (κ3) is 1.77. The van der Waals surface area contributed by atoms with Crippen LogP contribution >= 0.6 is 0 Å². The highest BCUT2D eigenvalue weighted by Gasteiger charge is 2.44. The van der Waals surface area contributed by atoms with Crippen LogP contribution in [-0.4, -0.2) is 46.3 Å². The molecule has 2 rings (SSSR count). The normalized spacial score (nSPS) is 35.9. The number of carboxylic acids is 1. The highest BCUT2D eigenvalue weighted by Crippen LogP contribution is 2.37. The Balaban J connectivity index is 2.01. The maximum absolute atomic E-state index is 11.1. The van der Waals surface area contributed by atoms with Crippen LogP contribution in [0.15, 0.2) is 0 Å². The highest BCUT2D eigenvalue weighted by molar-refractivity contribution is 5.74. The van der Waals surface area contributed by atoms with Gasteiger partial charge in [-0.1, -0.05) is 6.92 Å². The van der Waals surface area contributed by atoms with Crippen molar-refractivity contribution < 1.29 is 15.0 Å². The van der Waals surface area contributed by atoms with Crippen LogP contribution in [0.1, 0.15) is 19.8 Å². The molecule has 4 nitrogen and oxygen atoms in total. The summed E-state index contributed by atoms with van der Waals surface area (Å²) in [6.45, 7) is 3.21. The second-order valence-electron chi connectivity index (χ2n) is 4.62. The van der Waals surface area contributed by atoms with Crippen LogP contribution in [0.4, 0.5) is 0 Å². The maximum Gasteiger partial charge on any atom is 0.321 e. The minimum Gasteiger partial charge on any atom is -0.480 e. The van der Waals surface area contributed by atoms with Crippen LogP contribution in [0.2, 0.25) is 0 Å². The van der Waals surface area contributed by atoms with Gasteiger partial charge in [0.1, 0.15) is 6.04 Å².